The van der Waals surface area contributed by atoms with Gasteiger partial charge in [-0.2, -0.15) is 0 Å². The van der Waals surface area contributed by atoms with Crippen molar-refractivity contribution in [3.05, 3.63) is 92.5 Å². The van der Waals surface area contributed by atoms with Gasteiger partial charge in [0.25, 0.3) is 5.91 Å². The Morgan fingerprint density at radius 1 is 1.06 bits per heavy atom. The molecule has 2 atom stereocenters. The molecule has 0 saturated heterocycles. The second-order valence-electron chi connectivity index (χ2n) is 8.62. The number of rotatable bonds is 8. The van der Waals surface area contributed by atoms with Crippen molar-refractivity contribution in [1.82, 2.24) is 0 Å². The Balaban J connectivity index is 1.47. The molecule has 4 rings (SSSR count). The van der Waals surface area contributed by atoms with Gasteiger partial charge in [-0.15, -0.1) is 0 Å². The van der Waals surface area contributed by atoms with Crippen LogP contribution >= 0.6 is 23.2 Å². The molecule has 0 spiro atoms. The second-order valence-corrected chi connectivity index (χ2v) is 9.40. The number of benzene rings is 3. The third-order valence-electron chi connectivity index (χ3n) is 6.06. The first-order valence-electron chi connectivity index (χ1n) is 11.1. The SMILES string of the molecule is Cc1cc(OCCc2ccccc2)cc(C)c1C(=O)Nc1cc(Cl)c(Cl)c([C@H]2C[C@H]2C(=O)O)c1. The highest BCUT2D eigenvalue weighted by Crippen LogP contribution is 2.51. The number of hydrogen-bond acceptors (Lipinski definition) is 3. The minimum atomic E-state index is -0.857. The van der Waals surface area contributed by atoms with E-state index in [9.17, 15) is 14.7 Å². The van der Waals surface area contributed by atoms with Crippen LogP contribution in [0.2, 0.25) is 10.0 Å². The molecule has 176 valence electrons. The molecule has 1 aliphatic rings. The van der Waals surface area contributed by atoms with Crippen molar-refractivity contribution in [3.63, 3.8) is 0 Å². The van der Waals surface area contributed by atoms with Gasteiger partial charge >= 0.3 is 5.97 Å². The van der Waals surface area contributed by atoms with Crippen LogP contribution < -0.4 is 10.1 Å². The van der Waals surface area contributed by atoms with E-state index in [0.29, 0.717) is 40.6 Å². The number of aliphatic carboxylic acids is 1. The van der Waals surface area contributed by atoms with Crippen LogP contribution in [0.3, 0.4) is 0 Å². The van der Waals surface area contributed by atoms with Crippen molar-refractivity contribution in [2.75, 3.05) is 11.9 Å². The molecule has 0 aromatic heterocycles. The summed E-state index contributed by atoms with van der Waals surface area (Å²) in [5, 5.41) is 12.7. The fourth-order valence-electron chi connectivity index (χ4n) is 4.25. The van der Waals surface area contributed by atoms with Gasteiger partial charge in [-0.05, 0) is 72.7 Å². The quantitative estimate of drug-likeness (QED) is 0.364. The predicted molar refractivity (Wildman–Crippen MR) is 134 cm³/mol. The van der Waals surface area contributed by atoms with E-state index in [-0.39, 0.29) is 16.8 Å². The fourth-order valence-corrected chi connectivity index (χ4v) is 4.73. The Hall–Kier alpha value is -3.02. The summed E-state index contributed by atoms with van der Waals surface area (Å²) >= 11 is 12.6. The molecule has 0 unspecified atom stereocenters. The fraction of sp³-hybridized carbons (Fsp3) is 0.259. The lowest BCUT2D eigenvalue weighted by Crippen LogP contribution is -2.15. The van der Waals surface area contributed by atoms with Gasteiger partial charge in [-0.1, -0.05) is 53.5 Å². The van der Waals surface area contributed by atoms with Crippen LogP contribution in [-0.2, 0) is 11.2 Å². The second kappa shape index (κ2) is 10.1. The largest absolute Gasteiger partial charge is 0.493 e. The Morgan fingerprint density at radius 3 is 2.35 bits per heavy atom. The zero-order chi connectivity index (χ0) is 24.4. The summed E-state index contributed by atoms with van der Waals surface area (Å²) in [6, 6.07) is 17.1. The van der Waals surface area contributed by atoms with Gasteiger partial charge in [0.1, 0.15) is 5.75 Å². The van der Waals surface area contributed by atoms with Crippen LogP contribution in [0.5, 0.6) is 5.75 Å². The molecule has 7 heteroatoms. The first-order valence-corrected chi connectivity index (χ1v) is 11.8. The lowest BCUT2D eigenvalue weighted by atomic mass is 10.0. The molecule has 1 fully saturated rings. The van der Waals surface area contributed by atoms with Crippen molar-refractivity contribution in [2.45, 2.75) is 32.6 Å². The maximum Gasteiger partial charge on any atom is 0.307 e. The minimum Gasteiger partial charge on any atom is -0.493 e. The van der Waals surface area contributed by atoms with E-state index in [2.05, 4.69) is 17.4 Å². The van der Waals surface area contributed by atoms with Gasteiger partial charge in [0.15, 0.2) is 0 Å². The Labute approximate surface area is 208 Å². The van der Waals surface area contributed by atoms with Crippen molar-refractivity contribution in [1.29, 1.82) is 0 Å². The molecule has 1 amide bonds. The average molecular weight is 498 g/mol. The van der Waals surface area contributed by atoms with Crippen LogP contribution in [0.15, 0.2) is 54.6 Å². The maximum atomic E-state index is 13.1. The molecule has 34 heavy (non-hydrogen) atoms. The molecule has 2 N–H and O–H groups in total. The summed E-state index contributed by atoms with van der Waals surface area (Å²) < 4.78 is 5.92. The summed E-state index contributed by atoms with van der Waals surface area (Å²) in [6.07, 6.45) is 1.30. The Bertz CT molecular complexity index is 1220. The van der Waals surface area contributed by atoms with E-state index in [4.69, 9.17) is 27.9 Å². The van der Waals surface area contributed by atoms with E-state index in [1.165, 1.54) is 5.56 Å². The summed E-state index contributed by atoms with van der Waals surface area (Å²) in [4.78, 5) is 24.4. The normalized spacial score (nSPS) is 16.7. The standard InChI is InChI=1S/C27H25Cl2NO4/c1-15-10-19(34-9-8-17-6-4-3-5-7-17)11-16(2)24(15)26(31)30-18-12-21(25(29)23(28)13-18)20-14-22(20)27(32)33/h3-7,10-13,20,22H,8-9,14H2,1-2H3,(H,30,31)(H,32,33)/t20-,22-/m1/s1. The Morgan fingerprint density at radius 2 is 1.74 bits per heavy atom. The number of amides is 1. The first-order chi connectivity index (χ1) is 16.2. The third kappa shape index (κ3) is 5.37. The van der Waals surface area contributed by atoms with Gasteiger partial charge in [0, 0.05) is 17.7 Å². The highest BCUT2D eigenvalue weighted by atomic mass is 35.5. The molecule has 0 bridgehead atoms. The summed E-state index contributed by atoms with van der Waals surface area (Å²) in [5.74, 6) is -1.09. The number of carbonyl (C=O) groups excluding carboxylic acids is 1. The topological polar surface area (TPSA) is 75.6 Å². The highest BCUT2D eigenvalue weighted by molar-refractivity contribution is 6.42. The highest BCUT2D eigenvalue weighted by Gasteiger charge is 2.45. The van der Waals surface area contributed by atoms with E-state index < -0.39 is 11.9 Å². The van der Waals surface area contributed by atoms with Gasteiger partial charge in [0.05, 0.1) is 22.6 Å². The number of ether oxygens (including phenoxy) is 1. The van der Waals surface area contributed by atoms with Crippen LogP contribution in [-0.4, -0.2) is 23.6 Å². The minimum absolute atomic E-state index is 0.199. The summed E-state index contributed by atoms with van der Waals surface area (Å²) in [7, 11) is 0. The molecule has 0 aliphatic heterocycles. The molecule has 0 heterocycles. The number of aryl methyl sites for hydroxylation is 2. The van der Waals surface area contributed by atoms with Crippen molar-refractivity contribution in [3.8, 4) is 5.75 Å². The van der Waals surface area contributed by atoms with Crippen LogP contribution in [0.1, 0.15) is 45.0 Å². The third-order valence-corrected chi connectivity index (χ3v) is 6.87. The number of hydrogen-bond donors (Lipinski definition) is 2. The average Bonchev–Trinajstić information content (AvgIpc) is 3.57. The molecule has 5 nitrogen and oxygen atoms in total. The monoisotopic (exact) mass is 497 g/mol. The van der Waals surface area contributed by atoms with Crippen molar-refractivity contribution < 1.29 is 19.4 Å². The number of carboxylic acids is 1. The van der Waals surface area contributed by atoms with Crippen LogP contribution in [0, 0.1) is 19.8 Å². The number of carboxylic acid groups (broad SMARTS) is 1. The van der Waals surface area contributed by atoms with E-state index in [1.807, 2.05) is 44.2 Å². The molecule has 0 radical (unpaired) electrons. The molecule has 1 aliphatic carbocycles. The smallest absolute Gasteiger partial charge is 0.307 e. The number of anilines is 1. The number of nitrogens with one attached hydrogen (secondary N) is 1. The maximum absolute atomic E-state index is 13.1. The van der Waals surface area contributed by atoms with E-state index in [1.54, 1.807) is 12.1 Å². The number of halogens is 2. The summed E-state index contributed by atoms with van der Waals surface area (Å²) in [6.45, 7) is 4.28. The molecule has 1 saturated carbocycles. The lowest BCUT2D eigenvalue weighted by Gasteiger charge is -2.15. The van der Waals surface area contributed by atoms with Crippen LogP contribution in [0.4, 0.5) is 5.69 Å². The van der Waals surface area contributed by atoms with E-state index in [0.717, 1.165) is 17.5 Å². The van der Waals surface area contributed by atoms with Gasteiger partial charge < -0.3 is 15.2 Å². The molecular formula is C27H25Cl2NO4. The van der Waals surface area contributed by atoms with E-state index >= 15 is 0 Å². The van der Waals surface area contributed by atoms with Crippen molar-refractivity contribution >= 4 is 40.8 Å². The molecule has 3 aromatic carbocycles. The number of carbonyl (C=O) groups is 2. The molecule has 3 aromatic rings. The summed E-state index contributed by atoms with van der Waals surface area (Å²) in [5.41, 5.74) is 4.47. The predicted octanol–water partition coefficient (Wildman–Crippen LogP) is 6.67. The lowest BCUT2D eigenvalue weighted by molar-refractivity contribution is -0.138. The molecular weight excluding hydrogens is 473 g/mol. The van der Waals surface area contributed by atoms with Crippen LogP contribution in [0.25, 0.3) is 0 Å². The zero-order valence-corrected chi connectivity index (χ0v) is 20.4. The van der Waals surface area contributed by atoms with Crippen molar-refractivity contribution in [2.24, 2.45) is 5.92 Å². The first kappa shape index (κ1) is 24.1. The van der Waals surface area contributed by atoms with Gasteiger partial charge in [0.2, 0.25) is 0 Å². The zero-order valence-electron chi connectivity index (χ0n) is 18.9. The van der Waals surface area contributed by atoms with Gasteiger partial charge in [-0.3, -0.25) is 9.59 Å². The van der Waals surface area contributed by atoms with Gasteiger partial charge in [-0.25, -0.2) is 0 Å². The Kier molecular flexibility index (Phi) is 7.15.